The molecule has 110 valence electrons. The SMILES string of the molecule is COC(=O)C(C)(C)Cn1ncc(N2CCCC2)cc1=O. The van der Waals surface area contributed by atoms with Crippen LogP contribution in [0.15, 0.2) is 17.1 Å². The van der Waals surface area contributed by atoms with Gasteiger partial charge in [-0.05, 0) is 26.7 Å². The summed E-state index contributed by atoms with van der Waals surface area (Å²) in [5, 5.41) is 4.18. The van der Waals surface area contributed by atoms with E-state index < -0.39 is 5.41 Å². The van der Waals surface area contributed by atoms with E-state index in [1.807, 2.05) is 0 Å². The van der Waals surface area contributed by atoms with Crippen molar-refractivity contribution in [1.29, 1.82) is 0 Å². The molecule has 0 spiro atoms. The molecule has 0 saturated carbocycles. The molecular formula is C14H21N3O3. The zero-order chi connectivity index (χ0) is 14.8. The third kappa shape index (κ3) is 3.00. The molecule has 1 fully saturated rings. The van der Waals surface area contributed by atoms with Crippen molar-refractivity contribution in [2.24, 2.45) is 5.41 Å². The second-order valence-corrected chi connectivity index (χ2v) is 5.78. The van der Waals surface area contributed by atoms with Gasteiger partial charge in [0.25, 0.3) is 5.56 Å². The van der Waals surface area contributed by atoms with Crippen LogP contribution in [-0.2, 0) is 16.1 Å². The molecule has 0 aliphatic carbocycles. The summed E-state index contributed by atoms with van der Waals surface area (Å²) in [6.07, 6.45) is 4.00. The summed E-state index contributed by atoms with van der Waals surface area (Å²) in [4.78, 5) is 25.9. The maximum atomic E-state index is 12.1. The number of carbonyl (C=O) groups excluding carboxylic acids is 1. The second kappa shape index (κ2) is 5.64. The molecule has 1 aliphatic rings. The lowest BCUT2D eigenvalue weighted by molar-refractivity contribution is -0.151. The predicted molar refractivity (Wildman–Crippen MR) is 75.7 cm³/mol. The van der Waals surface area contributed by atoms with E-state index in [0.717, 1.165) is 31.6 Å². The van der Waals surface area contributed by atoms with Gasteiger partial charge in [-0.25, -0.2) is 4.68 Å². The average molecular weight is 279 g/mol. The highest BCUT2D eigenvalue weighted by molar-refractivity contribution is 5.75. The van der Waals surface area contributed by atoms with Crippen LogP contribution >= 0.6 is 0 Å². The van der Waals surface area contributed by atoms with Crippen molar-refractivity contribution in [1.82, 2.24) is 9.78 Å². The Morgan fingerprint density at radius 2 is 2.05 bits per heavy atom. The number of anilines is 1. The van der Waals surface area contributed by atoms with Crippen LogP contribution in [0.4, 0.5) is 5.69 Å². The molecule has 1 aliphatic heterocycles. The standard InChI is InChI=1S/C14H21N3O3/c1-14(2,13(19)20-3)10-17-12(18)8-11(9-15-17)16-6-4-5-7-16/h8-9H,4-7,10H2,1-3H3. The van der Waals surface area contributed by atoms with Crippen molar-refractivity contribution in [2.75, 3.05) is 25.1 Å². The highest BCUT2D eigenvalue weighted by atomic mass is 16.5. The van der Waals surface area contributed by atoms with Crippen molar-refractivity contribution in [3.8, 4) is 0 Å². The highest BCUT2D eigenvalue weighted by Gasteiger charge is 2.30. The molecule has 2 heterocycles. The molecule has 6 heteroatoms. The van der Waals surface area contributed by atoms with Gasteiger partial charge in [-0.15, -0.1) is 0 Å². The van der Waals surface area contributed by atoms with Crippen LogP contribution in [0, 0.1) is 5.41 Å². The van der Waals surface area contributed by atoms with Crippen molar-refractivity contribution < 1.29 is 9.53 Å². The molecular weight excluding hydrogens is 258 g/mol. The predicted octanol–water partition coefficient (Wildman–Crippen LogP) is 1.04. The number of esters is 1. The molecule has 2 rings (SSSR count). The Labute approximate surface area is 118 Å². The zero-order valence-electron chi connectivity index (χ0n) is 12.3. The van der Waals surface area contributed by atoms with E-state index in [2.05, 4.69) is 10.00 Å². The Hall–Kier alpha value is -1.85. The Balaban J connectivity index is 2.18. The maximum absolute atomic E-state index is 12.1. The maximum Gasteiger partial charge on any atom is 0.313 e. The van der Waals surface area contributed by atoms with Gasteiger partial charge in [-0.2, -0.15) is 5.10 Å². The fraction of sp³-hybridized carbons (Fsp3) is 0.643. The summed E-state index contributed by atoms with van der Waals surface area (Å²) in [6.45, 7) is 5.62. The topological polar surface area (TPSA) is 64.4 Å². The smallest absolute Gasteiger partial charge is 0.313 e. The molecule has 0 unspecified atom stereocenters. The quantitative estimate of drug-likeness (QED) is 0.771. The lowest BCUT2D eigenvalue weighted by atomic mass is 9.94. The summed E-state index contributed by atoms with van der Waals surface area (Å²) in [5.41, 5.74) is -0.105. The molecule has 0 bridgehead atoms. The second-order valence-electron chi connectivity index (χ2n) is 5.78. The summed E-state index contributed by atoms with van der Waals surface area (Å²) in [7, 11) is 1.34. The lowest BCUT2D eigenvalue weighted by Crippen LogP contribution is -2.36. The van der Waals surface area contributed by atoms with Crippen LogP contribution in [0.2, 0.25) is 0 Å². The molecule has 0 radical (unpaired) electrons. The van der Waals surface area contributed by atoms with Crippen molar-refractivity contribution in [3.63, 3.8) is 0 Å². The Morgan fingerprint density at radius 1 is 1.40 bits per heavy atom. The molecule has 0 aromatic carbocycles. The molecule has 0 atom stereocenters. The summed E-state index contributed by atoms with van der Waals surface area (Å²) < 4.78 is 6.06. The molecule has 1 saturated heterocycles. The Morgan fingerprint density at radius 3 is 2.60 bits per heavy atom. The van der Waals surface area contributed by atoms with Gasteiger partial charge < -0.3 is 9.64 Å². The van der Waals surface area contributed by atoms with Crippen LogP contribution in [0.5, 0.6) is 0 Å². The first-order valence-corrected chi connectivity index (χ1v) is 6.84. The lowest BCUT2D eigenvalue weighted by Gasteiger charge is -2.22. The normalized spacial score (nSPS) is 15.4. The van der Waals surface area contributed by atoms with E-state index in [-0.39, 0.29) is 18.1 Å². The fourth-order valence-electron chi connectivity index (χ4n) is 2.41. The summed E-state index contributed by atoms with van der Waals surface area (Å²) >= 11 is 0. The molecule has 0 N–H and O–H groups in total. The number of nitrogens with zero attached hydrogens (tertiary/aromatic N) is 3. The van der Waals surface area contributed by atoms with Crippen molar-refractivity contribution in [3.05, 3.63) is 22.6 Å². The Bertz CT molecular complexity index is 545. The van der Waals surface area contributed by atoms with Crippen molar-refractivity contribution in [2.45, 2.75) is 33.2 Å². The number of methoxy groups -OCH3 is 1. The fourth-order valence-corrected chi connectivity index (χ4v) is 2.41. The van der Waals surface area contributed by atoms with Gasteiger partial charge in [0.15, 0.2) is 0 Å². The first-order chi connectivity index (χ1) is 9.44. The van der Waals surface area contributed by atoms with Gasteiger partial charge in [-0.1, -0.05) is 0 Å². The van der Waals surface area contributed by atoms with Gasteiger partial charge in [0.05, 0.1) is 31.0 Å². The van der Waals surface area contributed by atoms with Crippen LogP contribution < -0.4 is 10.5 Å². The minimum Gasteiger partial charge on any atom is -0.469 e. The third-order valence-corrected chi connectivity index (χ3v) is 3.61. The number of hydrogen-bond acceptors (Lipinski definition) is 5. The van der Waals surface area contributed by atoms with Crippen molar-refractivity contribution >= 4 is 11.7 Å². The monoisotopic (exact) mass is 279 g/mol. The largest absolute Gasteiger partial charge is 0.469 e. The van der Waals surface area contributed by atoms with E-state index in [4.69, 9.17) is 4.74 Å². The average Bonchev–Trinajstić information content (AvgIpc) is 2.94. The van der Waals surface area contributed by atoms with E-state index >= 15 is 0 Å². The number of hydrogen-bond donors (Lipinski definition) is 0. The number of aromatic nitrogens is 2. The molecule has 1 aromatic rings. The summed E-state index contributed by atoms with van der Waals surface area (Å²) in [5.74, 6) is -0.352. The van der Waals surface area contributed by atoms with Crippen LogP contribution in [0.3, 0.4) is 0 Å². The van der Waals surface area contributed by atoms with Gasteiger partial charge in [0.2, 0.25) is 0 Å². The van der Waals surface area contributed by atoms with E-state index in [0.29, 0.717) is 0 Å². The minimum absolute atomic E-state index is 0.189. The molecule has 1 aromatic heterocycles. The van der Waals surface area contributed by atoms with Gasteiger partial charge in [0, 0.05) is 19.2 Å². The van der Waals surface area contributed by atoms with Crippen LogP contribution in [-0.4, -0.2) is 35.9 Å². The minimum atomic E-state index is -0.777. The zero-order valence-corrected chi connectivity index (χ0v) is 12.3. The van der Waals surface area contributed by atoms with E-state index in [1.165, 1.54) is 11.8 Å². The van der Waals surface area contributed by atoms with E-state index in [1.54, 1.807) is 26.1 Å². The first-order valence-electron chi connectivity index (χ1n) is 6.84. The third-order valence-electron chi connectivity index (χ3n) is 3.61. The van der Waals surface area contributed by atoms with Gasteiger partial charge >= 0.3 is 5.97 Å². The van der Waals surface area contributed by atoms with Crippen LogP contribution in [0.25, 0.3) is 0 Å². The van der Waals surface area contributed by atoms with E-state index in [9.17, 15) is 9.59 Å². The Kier molecular flexibility index (Phi) is 4.11. The van der Waals surface area contributed by atoms with Gasteiger partial charge in [-0.3, -0.25) is 9.59 Å². The summed E-state index contributed by atoms with van der Waals surface area (Å²) in [6, 6.07) is 1.59. The van der Waals surface area contributed by atoms with Gasteiger partial charge in [0.1, 0.15) is 0 Å². The number of carbonyl (C=O) groups is 1. The molecule has 20 heavy (non-hydrogen) atoms. The number of ether oxygens (including phenoxy) is 1. The molecule has 0 amide bonds. The molecule has 6 nitrogen and oxygen atoms in total. The van der Waals surface area contributed by atoms with Crippen LogP contribution in [0.1, 0.15) is 26.7 Å². The first kappa shape index (κ1) is 14.6. The number of rotatable bonds is 4. The highest BCUT2D eigenvalue weighted by Crippen LogP contribution is 2.20.